The van der Waals surface area contributed by atoms with Gasteiger partial charge in [-0.25, -0.2) is 12.7 Å². The van der Waals surface area contributed by atoms with Crippen LogP contribution in [-0.2, 0) is 14.8 Å². The number of carbonyl (C=O) groups is 2. The fraction of sp³-hybridized carbons (Fsp3) is 0.300. The molecule has 10 heteroatoms. The summed E-state index contributed by atoms with van der Waals surface area (Å²) in [5.41, 5.74) is -0.664. The molecule has 160 valence electrons. The molecule has 0 atom stereocenters. The van der Waals surface area contributed by atoms with Crippen LogP contribution in [0.15, 0.2) is 36.4 Å². The maximum absolute atomic E-state index is 12.8. The second-order valence-corrected chi connectivity index (χ2v) is 9.62. The first kappa shape index (κ1) is 21.9. The molecular formula is C20H21ClN2O6S. The van der Waals surface area contributed by atoms with Crippen LogP contribution < -0.4 is 19.1 Å². The Labute approximate surface area is 179 Å². The fourth-order valence-electron chi connectivity index (χ4n) is 3.16. The number of nitrogens with zero attached hydrogens (tertiary/aromatic N) is 1. The first-order valence-electron chi connectivity index (χ1n) is 8.90. The number of hydrogen-bond acceptors (Lipinski definition) is 6. The first-order chi connectivity index (χ1) is 14.0. The van der Waals surface area contributed by atoms with Crippen molar-refractivity contribution in [2.75, 3.05) is 29.6 Å². The Bertz CT molecular complexity index is 1130. The largest absolute Gasteiger partial charge is 0.497 e. The predicted octanol–water partition coefficient (Wildman–Crippen LogP) is 3.31. The normalized spacial score (nSPS) is 17.0. The zero-order valence-electron chi connectivity index (χ0n) is 16.9. The molecular weight excluding hydrogens is 432 g/mol. The molecule has 1 aliphatic rings. The third-order valence-electron chi connectivity index (χ3n) is 4.67. The van der Waals surface area contributed by atoms with E-state index in [4.69, 9.17) is 21.1 Å². The highest BCUT2D eigenvalue weighted by molar-refractivity contribution is 7.94. The summed E-state index contributed by atoms with van der Waals surface area (Å²) in [4.78, 5) is 25.5. The summed E-state index contributed by atoms with van der Waals surface area (Å²) in [6.07, 6.45) is 0. The van der Waals surface area contributed by atoms with Crippen LogP contribution in [0, 0.1) is 5.41 Å². The van der Waals surface area contributed by atoms with E-state index in [0.717, 1.165) is 0 Å². The van der Waals surface area contributed by atoms with Crippen molar-refractivity contribution in [1.82, 2.24) is 0 Å². The van der Waals surface area contributed by atoms with Crippen LogP contribution in [0.3, 0.4) is 0 Å². The Kier molecular flexibility index (Phi) is 5.70. The Morgan fingerprint density at radius 3 is 2.40 bits per heavy atom. The number of rotatable bonds is 5. The number of nitrogens with one attached hydrogen (secondary N) is 1. The van der Waals surface area contributed by atoms with Crippen LogP contribution in [0.2, 0.25) is 5.02 Å². The van der Waals surface area contributed by atoms with E-state index in [1.165, 1.54) is 32.4 Å². The third kappa shape index (κ3) is 3.95. The molecule has 2 aromatic rings. The Balaban J connectivity index is 1.98. The molecule has 1 saturated heterocycles. The quantitative estimate of drug-likeness (QED) is 0.746. The molecule has 1 aliphatic heterocycles. The highest BCUT2D eigenvalue weighted by Gasteiger charge is 2.50. The van der Waals surface area contributed by atoms with Crippen LogP contribution in [0.5, 0.6) is 11.5 Å². The molecule has 1 fully saturated rings. The van der Waals surface area contributed by atoms with Gasteiger partial charge in [0.1, 0.15) is 11.5 Å². The molecule has 0 aromatic heterocycles. The average Bonchev–Trinajstić information content (AvgIpc) is 2.84. The third-order valence-corrected chi connectivity index (χ3v) is 6.99. The van der Waals surface area contributed by atoms with E-state index in [2.05, 4.69) is 5.32 Å². The summed E-state index contributed by atoms with van der Waals surface area (Å²) in [7, 11) is -0.954. The van der Waals surface area contributed by atoms with Crippen molar-refractivity contribution < 1.29 is 27.5 Å². The molecule has 0 bridgehead atoms. The lowest BCUT2D eigenvalue weighted by molar-refractivity contribution is -0.123. The number of ether oxygens (including phenoxy) is 2. The van der Waals surface area contributed by atoms with Crippen LogP contribution in [0.1, 0.15) is 24.2 Å². The van der Waals surface area contributed by atoms with Gasteiger partial charge < -0.3 is 14.8 Å². The predicted molar refractivity (Wildman–Crippen MR) is 114 cm³/mol. The van der Waals surface area contributed by atoms with Gasteiger partial charge in [-0.3, -0.25) is 9.59 Å². The van der Waals surface area contributed by atoms with Crippen molar-refractivity contribution in [1.29, 1.82) is 0 Å². The van der Waals surface area contributed by atoms with Gasteiger partial charge in [0.05, 0.1) is 41.8 Å². The van der Waals surface area contributed by atoms with Gasteiger partial charge in [0, 0.05) is 11.6 Å². The molecule has 30 heavy (non-hydrogen) atoms. The number of methoxy groups -OCH3 is 2. The van der Waals surface area contributed by atoms with Gasteiger partial charge in [-0.2, -0.15) is 0 Å². The lowest BCUT2D eigenvalue weighted by Crippen LogP contribution is -2.33. The highest BCUT2D eigenvalue weighted by Crippen LogP contribution is 2.39. The summed E-state index contributed by atoms with van der Waals surface area (Å²) in [6, 6.07) is 9.00. The molecule has 1 N–H and O–H groups in total. The summed E-state index contributed by atoms with van der Waals surface area (Å²) < 4.78 is 36.3. The first-order valence-corrected chi connectivity index (χ1v) is 10.9. The molecule has 8 nitrogen and oxygen atoms in total. The monoisotopic (exact) mass is 452 g/mol. The van der Waals surface area contributed by atoms with E-state index in [-0.39, 0.29) is 22.0 Å². The molecule has 2 aromatic carbocycles. The van der Waals surface area contributed by atoms with Crippen molar-refractivity contribution in [2.24, 2.45) is 5.41 Å². The Hall–Kier alpha value is -2.78. The molecule has 0 spiro atoms. The van der Waals surface area contributed by atoms with Gasteiger partial charge in [-0.1, -0.05) is 11.6 Å². The molecule has 0 unspecified atom stereocenters. The zero-order valence-corrected chi connectivity index (χ0v) is 18.4. The van der Waals surface area contributed by atoms with E-state index in [9.17, 15) is 18.0 Å². The van der Waals surface area contributed by atoms with Gasteiger partial charge in [0.25, 0.3) is 5.91 Å². The van der Waals surface area contributed by atoms with Gasteiger partial charge >= 0.3 is 0 Å². The van der Waals surface area contributed by atoms with Crippen LogP contribution in [-0.4, -0.2) is 40.2 Å². The molecule has 1 heterocycles. The minimum Gasteiger partial charge on any atom is -0.497 e. The zero-order chi connectivity index (χ0) is 22.3. The number of carbonyl (C=O) groups excluding carboxylic acids is 2. The second-order valence-electron chi connectivity index (χ2n) is 7.40. The standard InChI is InChI=1S/C20H21ClN2O6S/c1-20(2)11-30(26,27)23(19(20)25)16-9-12(5-7-14(16)21)18(24)22-15-10-13(28-3)6-8-17(15)29-4/h5-10H,11H2,1-4H3,(H,22,24). The second kappa shape index (κ2) is 7.81. The summed E-state index contributed by atoms with van der Waals surface area (Å²) >= 11 is 6.19. The number of benzene rings is 2. The van der Waals surface area contributed by atoms with Gasteiger partial charge in [-0.15, -0.1) is 0 Å². The Morgan fingerprint density at radius 1 is 1.13 bits per heavy atom. The highest BCUT2D eigenvalue weighted by atomic mass is 35.5. The Morgan fingerprint density at radius 2 is 1.83 bits per heavy atom. The maximum Gasteiger partial charge on any atom is 0.255 e. The van der Waals surface area contributed by atoms with Crippen molar-refractivity contribution in [2.45, 2.75) is 13.8 Å². The molecule has 2 amide bonds. The van der Waals surface area contributed by atoms with E-state index in [1.54, 1.807) is 32.0 Å². The number of hydrogen-bond donors (Lipinski definition) is 1. The summed E-state index contributed by atoms with van der Waals surface area (Å²) in [6.45, 7) is 3.10. The SMILES string of the molecule is COc1ccc(OC)c(NC(=O)c2ccc(Cl)c(N3C(=O)C(C)(C)CS3(=O)=O)c2)c1. The number of amides is 2. The van der Waals surface area contributed by atoms with Crippen molar-refractivity contribution >= 4 is 44.8 Å². The molecule has 0 saturated carbocycles. The van der Waals surface area contributed by atoms with E-state index >= 15 is 0 Å². The van der Waals surface area contributed by atoms with Gasteiger partial charge in [0.2, 0.25) is 15.9 Å². The van der Waals surface area contributed by atoms with Crippen molar-refractivity contribution in [3.05, 3.63) is 47.0 Å². The topological polar surface area (TPSA) is 102 Å². The number of halogens is 1. The number of anilines is 2. The minimum atomic E-state index is -3.91. The maximum atomic E-state index is 12.8. The van der Waals surface area contributed by atoms with E-state index in [0.29, 0.717) is 21.5 Å². The van der Waals surface area contributed by atoms with Crippen molar-refractivity contribution in [3.63, 3.8) is 0 Å². The molecule has 0 radical (unpaired) electrons. The lowest BCUT2D eigenvalue weighted by atomic mass is 9.95. The van der Waals surface area contributed by atoms with Crippen LogP contribution in [0.25, 0.3) is 0 Å². The lowest BCUT2D eigenvalue weighted by Gasteiger charge is -2.19. The van der Waals surface area contributed by atoms with Crippen LogP contribution in [0.4, 0.5) is 11.4 Å². The summed E-state index contributed by atoms with van der Waals surface area (Å²) in [5, 5.41) is 2.74. The van der Waals surface area contributed by atoms with Gasteiger partial charge in [-0.05, 0) is 44.2 Å². The average molecular weight is 453 g/mol. The fourth-order valence-corrected chi connectivity index (χ4v) is 5.53. The number of sulfonamides is 1. The van der Waals surface area contributed by atoms with Gasteiger partial charge in [0.15, 0.2) is 0 Å². The van der Waals surface area contributed by atoms with Crippen LogP contribution >= 0.6 is 11.6 Å². The van der Waals surface area contributed by atoms with E-state index in [1.807, 2.05) is 0 Å². The molecule has 0 aliphatic carbocycles. The van der Waals surface area contributed by atoms with E-state index < -0.39 is 27.3 Å². The van der Waals surface area contributed by atoms with Crippen molar-refractivity contribution in [3.8, 4) is 11.5 Å². The summed E-state index contributed by atoms with van der Waals surface area (Å²) in [5.74, 6) is -0.553. The smallest absolute Gasteiger partial charge is 0.255 e. The minimum absolute atomic E-state index is 0.0418. The molecule has 3 rings (SSSR count).